The molecule has 1 fully saturated rings. The van der Waals surface area contributed by atoms with E-state index in [-0.39, 0.29) is 0 Å². The van der Waals surface area contributed by atoms with E-state index in [1.807, 2.05) is 0 Å². The van der Waals surface area contributed by atoms with Crippen LogP contribution in [-0.2, 0) is 4.84 Å². The molecule has 1 saturated heterocycles. The van der Waals surface area contributed by atoms with Crippen molar-refractivity contribution in [2.24, 2.45) is 0 Å². The first-order chi connectivity index (χ1) is 6.07. The molecule has 0 spiro atoms. The highest BCUT2D eigenvalue weighted by molar-refractivity contribution is 4.90. The fraction of sp³-hybridized carbons (Fsp3) is 1.00. The summed E-state index contributed by atoms with van der Waals surface area (Å²) in [6, 6.07) is -0.865. The largest absolute Gasteiger partial charge is 0.394 e. The second-order valence-electron chi connectivity index (χ2n) is 3.20. The summed E-state index contributed by atoms with van der Waals surface area (Å²) in [6.07, 6.45) is -3.91. The zero-order valence-corrected chi connectivity index (χ0v) is 7.29. The summed E-state index contributed by atoms with van der Waals surface area (Å²) >= 11 is 0. The summed E-state index contributed by atoms with van der Waals surface area (Å²) in [5.41, 5.74) is 2.38. The van der Waals surface area contributed by atoms with Gasteiger partial charge in [0.05, 0.1) is 18.8 Å². The molecule has 1 aliphatic rings. The van der Waals surface area contributed by atoms with Crippen molar-refractivity contribution >= 4 is 0 Å². The molecule has 0 unspecified atom stereocenters. The number of nitrogens with one attached hydrogen (secondary N) is 1. The Morgan fingerprint density at radius 1 is 1.38 bits per heavy atom. The van der Waals surface area contributed by atoms with Gasteiger partial charge in [-0.25, -0.2) is 0 Å². The molecule has 6 heteroatoms. The minimum absolute atomic E-state index is 0.501. The van der Waals surface area contributed by atoms with Crippen LogP contribution in [-0.4, -0.2) is 57.5 Å². The van der Waals surface area contributed by atoms with Crippen molar-refractivity contribution in [1.29, 1.82) is 0 Å². The zero-order chi connectivity index (χ0) is 10.0. The van der Waals surface area contributed by atoms with Crippen LogP contribution in [0.2, 0.25) is 0 Å². The van der Waals surface area contributed by atoms with E-state index in [4.69, 9.17) is 9.94 Å². The van der Waals surface area contributed by atoms with E-state index in [9.17, 15) is 15.3 Å². The van der Waals surface area contributed by atoms with Gasteiger partial charge in [0.1, 0.15) is 18.3 Å². The summed E-state index contributed by atoms with van der Waals surface area (Å²) < 4.78 is 0. The van der Waals surface area contributed by atoms with E-state index in [2.05, 4.69) is 5.48 Å². The Bertz CT molecular complexity index is 167. The van der Waals surface area contributed by atoms with Crippen LogP contribution in [0.15, 0.2) is 0 Å². The number of hydrogen-bond donors (Lipinski definition) is 5. The van der Waals surface area contributed by atoms with E-state index in [0.717, 1.165) is 0 Å². The van der Waals surface area contributed by atoms with Crippen LogP contribution < -0.4 is 5.48 Å². The first-order valence-electron chi connectivity index (χ1n) is 4.14. The van der Waals surface area contributed by atoms with Crippen molar-refractivity contribution in [1.82, 2.24) is 5.48 Å². The van der Waals surface area contributed by atoms with Crippen molar-refractivity contribution in [3.63, 3.8) is 0 Å². The Balaban J connectivity index is 2.58. The van der Waals surface area contributed by atoms with Crippen molar-refractivity contribution in [3.05, 3.63) is 0 Å². The SMILES string of the molecule is C[C@H]1ON[C@H]([C@H](O)CO)[C@H](O)[C@@H]1O. The van der Waals surface area contributed by atoms with E-state index in [1.165, 1.54) is 0 Å². The molecule has 0 aromatic rings. The third-order valence-electron chi connectivity index (χ3n) is 2.19. The molecule has 5 N–H and O–H groups in total. The predicted octanol–water partition coefficient (Wildman–Crippen LogP) is -2.65. The minimum Gasteiger partial charge on any atom is -0.394 e. The lowest BCUT2D eigenvalue weighted by molar-refractivity contribution is -0.205. The lowest BCUT2D eigenvalue weighted by Crippen LogP contribution is -2.62. The molecule has 13 heavy (non-hydrogen) atoms. The van der Waals surface area contributed by atoms with Gasteiger partial charge in [-0.3, -0.25) is 4.84 Å². The van der Waals surface area contributed by atoms with Crippen LogP contribution in [0, 0.1) is 0 Å². The molecular formula is C7H15NO5. The normalized spacial score (nSPS) is 43.2. The number of aliphatic hydroxyl groups excluding tert-OH is 4. The molecule has 1 heterocycles. The molecule has 78 valence electrons. The van der Waals surface area contributed by atoms with E-state index >= 15 is 0 Å². The molecular weight excluding hydrogens is 178 g/mol. The van der Waals surface area contributed by atoms with Gasteiger partial charge in [-0.15, -0.1) is 0 Å². The second-order valence-corrected chi connectivity index (χ2v) is 3.20. The smallest absolute Gasteiger partial charge is 0.109 e. The molecule has 1 aliphatic heterocycles. The highest BCUT2D eigenvalue weighted by Crippen LogP contribution is 2.15. The van der Waals surface area contributed by atoms with E-state index < -0.39 is 37.1 Å². The Morgan fingerprint density at radius 2 is 2.00 bits per heavy atom. The van der Waals surface area contributed by atoms with Gasteiger partial charge in [0.15, 0.2) is 0 Å². The number of hydrogen-bond acceptors (Lipinski definition) is 6. The summed E-state index contributed by atoms with van der Waals surface area (Å²) in [4.78, 5) is 4.86. The fourth-order valence-electron chi connectivity index (χ4n) is 1.24. The predicted molar refractivity (Wildman–Crippen MR) is 42.6 cm³/mol. The highest BCUT2D eigenvalue weighted by Gasteiger charge is 2.39. The third kappa shape index (κ3) is 2.16. The lowest BCUT2D eigenvalue weighted by atomic mass is 9.97. The van der Waals surface area contributed by atoms with Gasteiger partial charge in [0, 0.05) is 0 Å². The molecule has 0 radical (unpaired) electrons. The van der Waals surface area contributed by atoms with Crippen LogP contribution in [0.25, 0.3) is 0 Å². The molecule has 0 amide bonds. The Morgan fingerprint density at radius 3 is 2.54 bits per heavy atom. The molecule has 0 saturated carbocycles. The average molecular weight is 193 g/mol. The number of rotatable bonds is 2. The van der Waals surface area contributed by atoms with Crippen LogP contribution in [0.5, 0.6) is 0 Å². The van der Waals surface area contributed by atoms with Crippen LogP contribution in [0.3, 0.4) is 0 Å². The quantitative estimate of drug-likeness (QED) is 0.328. The van der Waals surface area contributed by atoms with Crippen molar-refractivity contribution in [2.75, 3.05) is 6.61 Å². The monoisotopic (exact) mass is 193 g/mol. The fourth-order valence-corrected chi connectivity index (χ4v) is 1.24. The first kappa shape index (κ1) is 10.8. The summed E-state index contributed by atoms with van der Waals surface area (Å²) in [7, 11) is 0. The zero-order valence-electron chi connectivity index (χ0n) is 7.29. The number of aliphatic hydroxyl groups is 4. The van der Waals surface area contributed by atoms with E-state index in [0.29, 0.717) is 0 Å². The van der Waals surface area contributed by atoms with Crippen LogP contribution >= 0.6 is 0 Å². The summed E-state index contributed by atoms with van der Waals surface area (Å²) in [6.45, 7) is 1.08. The maximum absolute atomic E-state index is 9.45. The summed E-state index contributed by atoms with van der Waals surface area (Å²) in [5, 5.41) is 36.6. The maximum atomic E-state index is 9.45. The molecule has 6 nitrogen and oxygen atoms in total. The molecule has 0 aliphatic carbocycles. The van der Waals surface area contributed by atoms with Crippen molar-refractivity contribution < 1.29 is 25.3 Å². The Hall–Kier alpha value is -0.240. The molecule has 0 aromatic carbocycles. The first-order valence-corrected chi connectivity index (χ1v) is 4.14. The minimum atomic E-state index is -1.16. The van der Waals surface area contributed by atoms with Crippen LogP contribution in [0.4, 0.5) is 0 Å². The maximum Gasteiger partial charge on any atom is 0.109 e. The Kier molecular flexibility index (Phi) is 3.60. The third-order valence-corrected chi connectivity index (χ3v) is 2.19. The van der Waals surface area contributed by atoms with Gasteiger partial charge in [-0.05, 0) is 6.92 Å². The molecule has 0 bridgehead atoms. The van der Waals surface area contributed by atoms with Crippen molar-refractivity contribution in [3.8, 4) is 0 Å². The topological polar surface area (TPSA) is 102 Å². The van der Waals surface area contributed by atoms with Gasteiger partial charge >= 0.3 is 0 Å². The van der Waals surface area contributed by atoms with Crippen LogP contribution in [0.1, 0.15) is 6.92 Å². The van der Waals surface area contributed by atoms with Gasteiger partial charge in [-0.1, -0.05) is 0 Å². The summed E-state index contributed by atoms with van der Waals surface area (Å²) in [5.74, 6) is 0. The standard InChI is InChI=1S/C7H15NO5/c1-3-6(11)7(12)5(8-13-3)4(10)2-9/h3-12H,2H2,1H3/t3-,4-,5-,6-,7+/m1/s1. The average Bonchev–Trinajstić information content (AvgIpc) is 2.13. The van der Waals surface area contributed by atoms with E-state index in [1.54, 1.807) is 6.92 Å². The molecule has 1 rings (SSSR count). The number of hydroxylamine groups is 1. The second kappa shape index (κ2) is 4.32. The van der Waals surface area contributed by atoms with Gasteiger partial charge in [-0.2, -0.15) is 5.48 Å². The van der Waals surface area contributed by atoms with Gasteiger partial charge in [0.25, 0.3) is 0 Å². The highest BCUT2D eigenvalue weighted by atomic mass is 16.7. The van der Waals surface area contributed by atoms with Crippen molar-refractivity contribution in [2.45, 2.75) is 37.4 Å². The Labute approximate surface area is 75.7 Å². The molecule has 0 aromatic heterocycles. The van der Waals surface area contributed by atoms with Gasteiger partial charge in [0.2, 0.25) is 0 Å². The lowest BCUT2D eigenvalue weighted by Gasteiger charge is -2.38. The molecule has 5 atom stereocenters. The van der Waals surface area contributed by atoms with Gasteiger partial charge < -0.3 is 20.4 Å².